The highest BCUT2D eigenvalue weighted by Gasteiger charge is 2.28. The van der Waals surface area contributed by atoms with Gasteiger partial charge in [0.15, 0.2) is 9.84 Å². The predicted molar refractivity (Wildman–Crippen MR) is 120 cm³/mol. The Morgan fingerprint density at radius 1 is 1.19 bits per heavy atom. The summed E-state index contributed by atoms with van der Waals surface area (Å²) < 4.78 is 37.1. The standard InChI is InChI=1S/C21H21ClN2O5S2/c1-28-14-5-7-16(8-6-14)31(26,27)13-19(25)24-11-9-15(10-12-24)29-21-23-20-17(22)3-2-4-18(20)30-21/h2-8,15H,9-13H2,1H3. The lowest BCUT2D eigenvalue weighted by Gasteiger charge is -2.31. The van der Waals surface area contributed by atoms with E-state index in [4.69, 9.17) is 21.1 Å². The molecule has 0 saturated carbocycles. The maximum absolute atomic E-state index is 12.6. The lowest BCUT2D eigenvalue weighted by molar-refractivity contribution is -0.130. The van der Waals surface area contributed by atoms with Gasteiger partial charge in [-0.2, -0.15) is 0 Å². The number of amides is 1. The monoisotopic (exact) mass is 480 g/mol. The number of carbonyl (C=O) groups excluding carboxylic acids is 1. The van der Waals surface area contributed by atoms with Crippen LogP contribution in [0.15, 0.2) is 47.4 Å². The summed E-state index contributed by atoms with van der Waals surface area (Å²) in [7, 11) is -2.21. The van der Waals surface area contributed by atoms with Crippen LogP contribution in [0.5, 0.6) is 10.9 Å². The molecule has 1 amide bonds. The van der Waals surface area contributed by atoms with Crippen molar-refractivity contribution in [3.63, 3.8) is 0 Å². The molecule has 0 N–H and O–H groups in total. The van der Waals surface area contributed by atoms with E-state index in [1.54, 1.807) is 23.1 Å². The van der Waals surface area contributed by atoms with Crippen LogP contribution in [0, 0.1) is 0 Å². The zero-order valence-corrected chi connectivity index (χ0v) is 19.2. The quantitative estimate of drug-likeness (QED) is 0.533. The van der Waals surface area contributed by atoms with E-state index in [1.807, 2.05) is 12.1 Å². The number of likely N-dealkylation sites (tertiary alicyclic amines) is 1. The third-order valence-corrected chi connectivity index (χ3v) is 7.98. The first-order chi connectivity index (χ1) is 14.9. The van der Waals surface area contributed by atoms with E-state index in [9.17, 15) is 13.2 Å². The van der Waals surface area contributed by atoms with E-state index in [2.05, 4.69) is 4.98 Å². The molecule has 4 rings (SSSR count). The highest BCUT2D eigenvalue weighted by atomic mass is 35.5. The number of aromatic nitrogens is 1. The molecule has 3 aromatic rings. The second-order valence-electron chi connectivity index (χ2n) is 7.20. The van der Waals surface area contributed by atoms with Crippen molar-refractivity contribution in [2.24, 2.45) is 0 Å². The van der Waals surface area contributed by atoms with Crippen LogP contribution in [0.4, 0.5) is 0 Å². The van der Waals surface area contributed by atoms with E-state index >= 15 is 0 Å². The number of methoxy groups -OCH3 is 1. The Kier molecular flexibility index (Phi) is 6.36. The highest BCUT2D eigenvalue weighted by molar-refractivity contribution is 7.92. The number of rotatable bonds is 6. The van der Waals surface area contributed by atoms with Crippen LogP contribution in [0.2, 0.25) is 5.02 Å². The molecule has 7 nitrogen and oxygen atoms in total. The number of benzene rings is 2. The summed E-state index contributed by atoms with van der Waals surface area (Å²) >= 11 is 7.60. The Morgan fingerprint density at radius 2 is 1.90 bits per heavy atom. The van der Waals surface area contributed by atoms with Gasteiger partial charge in [-0.15, -0.1) is 0 Å². The zero-order valence-electron chi connectivity index (χ0n) is 16.8. The van der Waals surface area contributed by atoms with Gasteiger partial charge < -0.3 is 14.4 Å². The first kappa shape index (κ1) is 21.9. The summed E-state index contributed by atoms with van der Waals surface area (Å²) in [5.74, 6) is -0.398. The average molecular weight is 481 g/mol. The van der Waals surface area contributed by atoms with Crippen molar-refractivity contribution in [3.05, 3.63) is 47.5 Å². The summed E-state index contributed by atoms with van der Waals surface area (Å²) in [6.07, 6.45) is 1.14. The lowest BCUT2D eigenvalue weighted by atomic mass is 10.1. The molecule has 10 heteroatoms. The minimum absolute atomic E-state index is 0.0819. The number of sulfone groups is 1. The first-order valence-corrected chi connectivity index (χ1v) is 12.6. The number of carbonyl (C=O) groups is 1. The van der Waals surface area contributed by atoms with Crippen molar-refractivity contribution in [1.82, 2.24) is 9.88 Å². The zero-order chi connectivity index (χ0) is 22.0. The molecule has 0 bridgehead atoms. The van der Waals surface area contributed by atoms with E-state index in [0.29, 0.717) is 41.9 Å². The van der Waals surface area contributed by atoms with E-state index in [-0.39, 0.29) is 11.0 Å². The molecule has 2 heterocycles. The smallest absolute Gasteiger partial charge is 0.274 e. The van der Waals surface area contributed by atoms with Gasteiger partial charge in [0.1, 0.15) is 23.1 Å². The Labute approximate surface area is 189 Å². The van der Waals surface area contributed by atoms with Crippen molar-refractivity contribution >= 4 is 48.9 Å². The summed E-state index contributed by atoms with van der Waals surface area (Å²) in [6.45, 7) is 0.876. The van der Waals surface area contributed by atoms with Crippen LogP contribution in [-0.2, 0) is 14.6 Å². The van der Waals surface area contributed by atoms with Crippen molar-refractivity contribution in [2.75, 3.05) is 26.0 Å². The Morgan fingerprint density at radius 3 is 2.55 bits per heavy atom. The van der Waals surface area contributed by atoms with Gasteiger partial charge in [-0.05, 0) is 36.4 Å². The van der Waals surface area contributed by atoms with Crippen LogP contribution in [0.1, 0.15) is 12.8 Å². The van der Waals surface area contributed by atoms with Crippen molar-refractivity contribution in [2.45, 2.75) is 23.8 Å². The number of fused-ring (bicyclic) bond motifs is 1. The maximum atomic E-state index is 12.6. The van der Waals surface area contributed by atoms with Gasteiger partial charge >= 0.3 is 0 Å². The normalized spacial score (nSPS) is 15.2. The van der Waals surface area contributed by atoms with Gasteiger partial charge in [0.25, 0.3) is 5.19 Å². The van der Waals surface area contributed by atoms with Crippen LogP contribution in [0.3, 0.4) is 0 Å². The fourth-order valence-corrected chi connectivity index (χ4v) is 5.84. The molecule has 0 atom stereocenters. The number of nitrogens with zero attached hydrogens (tertiary/aromatic N) is 2. The number of para-hydroxylation sites is 1. The second kappa shape index (κ2) is 9.02. The van der Waals surface area contributed by atoms with E-state index < -0.39 is 21.5 Å². The molecule has 31 heavy (non-hydrogen) atoms. The molecule has 0 aliphatic carbocycles. The third-order valence-electron chi connectivity index (χ3n) is 5.14. The largest absolute Gasteiger partial charge is 0.497 e. The van der Waals surface area contributed by atoms with Gasteiger partial charge in [-0.3, -0.25) is 4.79 Å². The molecule has 1 aliphatic rings. The van der Waals surface area contributed by atoms with Crippen molar-refractivity contribution in [1.29, 1.82) is 0 Å². The molecule has 1 aliphatic heterocycles. The summed E-state index contributed by atoms with van der Waals surface area (Å²) in [5.41, 5.74) is 0.723. The van der Waals surface area contributed by atoms with Gasteiger partial charge in [0.05, 0.1) is 21.7 Å². The predicted octanol–water partition coefficient (Wildman–Crippen LogP) is 3.80. The summed E-state index contributed by atoms with van der Waals surface area (Å²) in [6, 6.07) is 11.6. The molecule has 1 saturated heterocycles. The fourth-order valence-electron chi connectivity index (χ4n) is 3.43. The number of hydrogen-bond acceptors (Lipinski definition) is 7. The lowest BCUT2D eigenvalue weighted by Crippen LogP contribution is -2.44. The molecule has 1 aromatic heterocycles. The number of halogens is 1. The van der Waals surface area contributed by atoms with Crippen LogP contribution < -0.4 is 9.47 Å². The molecule has 2 aromatic carbocycles. The topological polar surface area (TPSA) is 85.8 Å². The Hall–Kier alpha value is -2.36. The molecular weight excluding hydrogens is 460 g/mol. The highest BCUT2D eigenvalue weighted by Crippen LogP contribution is 2.33. The maximum Gasteiger partial charge on any atom is 0.274 e. The van der Waals surface area contributed by atoms with E-state index in [1.165, 1.54) is 30.6 Å². The average Bonchev–Trinajstić information content (AvgIpc) is 3.18. The van der Waals surface area contributed by atoms with Gasteiger partial charge in [-0.1, -0.05) is 29.0 Å². The molecule has 0 radical (unpaired) electrons. The number of ether oxygens (including phenoxy) is 2. The fraction of sp³-hybridized carbons (Fsp3) is 0.333. The Bertz CT molecular complexity index is 1190. The minimum atomic E-state index is -3.71. The summed E-state index contributed by atoms with van der Waals surface area (Å²) in [4.78, 5) is 18.7. The number of hydrogen-bond donors (Lipinski definition) is 0. The molecule has 0 spiro atoms. The van der Waals surface area contributed by atoms with Crippen LogP contribution in [0.25, 0.3) is 10.2 Å². The van der Waals surface area contributed by atoms with Crippen molar-refractivity contribution < 1.29 is 22.7 Å². The first-order valence-electron chi connectivity index (χ1n) is 9.72. The molecule has 0 unspecified atom stereocenters. The van der Waals surface area contributed by atoms with Crippen LogP contribution >= 0.6 is 22.9 Å². The van der Waals surface area contributed by atoms with E-state index in [0.717, 1.165) is 10.2 Å². The third kappa shape index (κ3) is 4.94. The van der Waals surface area contributed by atoms with Crippen molar-refractivity contribution in [3.8, 4) is 10.9 Å². The second-order valence-corrected chi connectivity index (χ2v) is 10.6. The van der Waals surface area contributed by atoms with Crippen LogP contribution in [-0.4, -0.2) is 56.3 Å². The van der Waals surface area contributed by atoms with Gasteiger partial charge in [0, 0.05) is 25.9 Å². The summed E-state index contributed by atoms with van der Waals surface area (Å²) in [5, 5.41) is 1.14. The SMILES string of the molecule is COc1ccc(S(=O)(=O)CC(=O)N2CCC(Oc3nc4c(Cl)cccc4s3)CC2)cc1. The molecular formula is C21H21ClN2O5S2. The minimum Gasteiger partial charge on any atom is -0.497 e. The molecule has 1 fully saturated rings. The number of thiazole rings is 1. The van der Waals surface area contributed by atoms with Gasteiger partial charge in [0.2, 0.25) is 5.91 Å². The number of piperidine rings is 1. The van der Waals surface area contributed by atoms with Gasteiger partial charge in [-0.25, -0.2) is 13.4 Å². The Balaban J connectivity index is 1.33. The molecule has 164 valence electrons.